The number of anilines is 1. The van der Waals surface area contributed by atoms with Crippen LogP contribution < -0.4 is 16.2 Å². The van der Waals surface area contributed by atoms with Gasteiger partial charge >= 0.3 is 0 Å². The number of nitrogens with zero attached hydrogens (tertiary/aromatic N) is 3. The fraction of sp³-hybridized carbons (Fsp3) is 0.333. The first kappa shape index (κ1) is 15.2. The third kappa shape index (κ3) is 3.66. The Morgan fingerprint density at radius 1 is 1.38 bits per heavy atom. The van der Waals surface area contributed by atoms with E-state index in [2.05, 4.69) is 5.10 Å². The van der Waals surface area contributed by atoms with Gasteiger partial charge in [0.25, 0.3) is 5.56 Å². The van der Waals surface area contributed by atoms with Gasteiger partial charge in [-0.1, -0.05) is 6.07 Å². The van der Waals surface area contributed by atoms with Crippen LogP contribution in [0.5, 0.6) is 0 Å². The summed E-state index contributed by atoms with van der Waals surface area (Å²) in [4.78, 5) is 14.0. The second kappa shape index (κ2) is 6.49. The van der Waals surface area contributed by atoms with Gasteiger partial charge in [0.2, 0.25) is 0 Å². The highest BCUT2D eigenvalue weighted by Gasteiger charge is 2.07. The highest BCUT2D eigenvalue weighted by molar-refractivity contribution is 5.41. The summed E-state index contributed by atoms with van der Waals surface area (Å²) in [5.41, 5.74) is 7.65. The molecule has 2 N–H and O–H groups in total. The molecule has 0 saturated carbocycles. The van der Waals surface area contributed by atoms with Gasteiger partial charge in [0.1, 0.15) is 5.82 Å². The normalized spacial score (nSPS) is 10.7. The molecule has 1 aromatic carbocycles. The van der Waals surface area contributed by atoms with Gasteiger partial charge in [-0.2, -0.15) is 5.10 Å². The summed E-state index contributed by atoms with van der Waals surface area (Å²) in [6.07, 6.45) is 1.62. The summed E-state index contributed by atoms with van der Waals surface area (Å²) in [6.45, 7) is 3.28. The Morgan fingerprint density at radius 3 is 2.81 bits per heavy atom. The van der Waals surface area contributed by atoms with Gasteiger partial charge in [0.15, 0.2) is 0 Å². The van der Waals surface area contributed by atoms with E-state index in [0.717, 1.165) is 16.8 Å². The Bertz CT molecular complexity index is 684. The van der Waals surface area contributed by atoms with Crippen LogP contribution in [-0.4, -0.2) is 29.9 Å². The number of benzene rings is 1. The molecular weight excluding hydrogens is 271 g/mol. The Kier molecular flexibility index (Phi) is 4.70. The van der Waals surface area contributed by atoms with Crippen molar-refractivity contribution in [3.05, 3.63) is 57.8 Å². The molecule has 0 aliphatic rings. The minimum Gasteiger partial charge on any atom is -0.372 e. The molecule has 1 aromatic heterocycles. The van der Waals surface area contributed by atoms with Crippen LogP contribution >= 0.6 is 0 Å². The summed E-state index contributed by atoms with van der Waals surface area (Å²) in [7, 11) is 1.85. The van der Waals surface area contributed by atoms with Crippen molar-refractivity contribution in [2.45, 2.75) is 13.5 Å². The van der Waals surface area contributed by atoms with Crippen molar-refractivity contribution in [1.29, 1.82) is 0 Å². The molecule has 0 radical (unpaired) electrons. The largest absolute Gasteiger partial charge is 0.372 e. The van der Waals surface area contributed by atoms with Gasteiger partial charge in [-0.15, -0.1) is 0 Å². The van der Waals surface area contributed by atoms with Gasteiger partial charge in [0.05, 0.1) is 18.4 Å². The van der Waals surface area contributed by atoms with Crippen molar-refractivity contribution in [2.24, 2.45) is 5.73 Å². The van der Waals surface area contributed by atoms with Crippen LogP contribution in [0.15, 0.2) is 35.3 Å². The Balaban J connectivity index is 2.25. The smallest absolute Gasteiger partial charge is 0.269 e. The number of aromatic nitrogens is 2. The predicted molar refractivity (Wildman–Crippen MR) is 81.1 cm³/mol. The van der Waals surface area contributed by atoms with Crippen molar-refractivity contribution in [2.75, 3.05) is 25.0 Å². The lowest BCUT2D eigenvalue weighted by molar-refractivity contribution is 0.608. The second-order valence-corrected chi connectivity index (χ2v) is 4.99. The number of hydrogen-bond donors (Lipinski definition) is 1. The van der Waals surface area contributed by atoms with Crippen LogP contribution in [-0.2, 0) is 6.54 Å². The standard InChI is InChI=1S/C15H19FN4O/c1-11-3-4-13(16)7-12(11)10-20-15(21)8-14(9-18-20)19(2)6-5-17/h3-4,7-9H,5-6,10,17H2,1-2H3. The molecule has 2 rings (SSSR count). The summed E-state index contributed by atoms with van der Waals surface area (Å²) < 4.78 is 14.6. The zero-order chi connectivity index (χ0) is 15.4. The zero-order valence-corrected chi connectivity index (χ0v) is 12.2. The molecule has 5 nitrogen and oxygen atoms in total. The van der Waals surface area contributed by atoms with E-state index in [1.54, 1.807) is 12.3 Å². The third-order valence-electron chi connectivity index (χ3n) is 3.39. The van der Waals surface area contributed by atoms with Gasteiger partial charge in [0, 0.05) is 26.2 Å². The molecule has 0 bridgehead atoms. The lowest BCUT2D eigenvalue weighted by atomic mass is 10.1. The summed E-state index contributed by atoms with van der Waals surface area (Å²) in [5.74, 6) is -0.317. The molecule has 0 fully saturated rings. The molecule has 0 atom stereocenters. The molecule has 0 spiro atoms. The maximum absolute atomic E-state index is 13.3. The van der Waals surface area contributed by atoms with Gasteiger partial charge < -0.3 is 10.6 Å². The lowest BCUT2D eigenvalue weighted by Crippen LogP contribution is -2.29. The molecule has 6 heteroatoms. The van der Waals surface area contributed by atoms with E-state index in [-0.39, 0.29) is 17.9 Å². The van der Waals surface area contributed by atoms with Crippen LogP contribution in [0.1, 0.15) is 11.1 Å². The van der Waals surface area contributed by atoms with E-state index in [4.69, 9.17) is 5.73 Å². The Morgan fingerprint density at radius 2 is 2.14 bits per heavy atom. The van der Waals surface area contributed by atoms with E-state index in [0.29, 0.717) is 13.1 Å². The summed E-state index contributed by atoms with van der Waals surface area (Å²) in [6, 6.07) is 6.04. The Labute approximate surface area is 122 Å². The van der Waals surface area contributed by atoms with Crippen LogP contribution in [0, 0.1) is 12.7 Å². The SMILES string of the molecule is Cc1ccc(F)cc1Cn1ncc(N(C)CCN)cc1=O. The van der Waals surface area contributed by atoms with Crippen LogP contribution in [0.25, 0.3) is 0 Å². The summed E-state index contributed by atoms with van der Waals surface area (Å²) >= 11 is 0. The molecule has 112 valence electrons. The van der Waals surface area contributed by atoms with Crippen LogP contribution in [0.2, 0.25) is 0 Å². The molecule has 0 saturated heterocycles. The molecule has 0 unspecified atom stereocenters. The first-order valence-corrected chi connectivity index (χ1v) is 6.74. The molecule has 2 aromatic rings. The van der Waals surface area contributed by atoms with E-state index in [1.807, 2.05) is 18.9 Å². The number of likely N-dealkylation sites (N-methyl/N-ethyl adjacent to an activating group) is 1. The van der Waals surface area contributed by atoms with Gasteiger partial charge in [-0.3, -0.25) is 4.79 Å². The minimum atomic E-state index is -0.317. The van der Waals surface area contributed by atoms with E-state index in [9.17, 15) is 9.18 Å². The lowest BCUT2D eigenvalue weighted by Gasteiger charge is -2.18. The first-order chi connectivity index (χ1) is 10.0. The number of nitrogens with two attached hydrogens (primary N) is 1. The Hall–Kier alpha value is -2.21. The van der Waals surface area contributed by atoms with E-state index in [1.165, 1.54) is 22.9 Å². The average Bonchev–Trinajstić information content (AvgIpc) is 2.45. The quantitative estimate of drug-likeness (QED) is 0.896. The molecule has 0 aliphatic carbocycles. The minimum absolute atomic E-state index is 0.222. The fourth-order valence-electron chi connectivity index (χ4n) is 2.05. The van der Waals surface area contributed by atoms with Gasteiger partial charge in [-0.25, -0.2) is 9.07 Å². The average molecular weight is 290 g/mol. The van der Waals surface area contributed by atoms with Crippen molar-refractivity contribution in [3.63, 3.8) is 0 Å². The van der Waals surface area contributed by atoms with E-state index >= 15 is 0 Å². The number of aryl methyl sites for hydroxylation is 1. The topological polar surface area (TPSA) is 64.2 Å². The molecular formula is C15H19FN4O. The number of hydrogen-bond acceptors (Lipinski definition) is 4. The molecule has 0 aliphatic heterocycles. The molecule has 0 amide bonds. The maximum Gasteiger partial charge on any atom is 0.269 e. The number of rotatable bonds is 5. The van der Waals surface area contributed by atoms with E-state index < -0.39 is 0 Å². The highest BCUT2D eigenvalue weighted by atomic mass is 19.1. The van der Waals surface area contributed by atoms with Gasteiger partial charge in [-0.05, 0) is 30.2 Å². The van der Waals surface area contributed by atoms with Crippen molar-refractivity contribution in [1.82, 2.24) is 9.78 Å². The van der Waals surface area contributed by atoms with Crippen molar-refractivity contribution < 1.29 is 4.39 Å². The molecule has 21 heavy (non-hydrogen) atoms. The fourth-order valence-corrected chi connectivity index (χ4v) is 2.05. The zero-order valence-electron chi connectivity index (χ0n) is 12.2. The molecule has 1 heterocycles. The first-order valence-electron chi connectivity index (χ1n) is 6.74. The predicted octanol–water partition coefficient (Wildman–Crippen LogP) is 1.13. The number of halogens is 1. The maximum atomic E-state index is 13.3. The third-order valence-corrected chi connectivity index (χ3v) is 3.39. The second-order valence-electron chi connectivity index (χ2n) is 4.99. The van der Waals surface area contributed by atoms with Crippen LogP contribution in [0.4, 0.5) is 10.1 Å². The monoisotopic (exact) mass is 290 g/mol. The van der Waals surface area contributed by atoms with Crippen molar-refractivity contribution in [3.8, 4) is 0 Å². The highest BCUT2D eigenvalue weighted by Crippen LogP contribution is 2.11. The van der Waals surface area contributed by atoms with Crippen LogP contribution in [0.3, 0.4) is 0 Å². The van der Waals surface area contributed by atoms with Crippen molar-refractivity contribution >= 4 is 5.69 Å². The summed E-state index contributed by atoms with van der Waals surface area (Å²) in [5, 5.41) is 4.15.